The van der Waals surface area contributed by atoms with Gasteiger partial charge < -0.3 is 14.8 Å². The molecular weight excluding hydrogens is 330 g/mol. The van der Waals surface area contributed by atoms with E-state index in [0.29, 0.717) is 18.0 Å². The zero-order chi connectivity index (χ0) is 19.1. The van der Waals surface area contributed by atoms with Gasteiger partial charge >= 0.3 is 5.97 Å². The van der Waals surface area contributed by atoms with E-state index in [1.807, 2.05) is 45.0 Å². The second-order valence-corrected chi connectivity index (χ2v) is 6.15. The fourth-order valence-electron chi connectivity index (χ4n) is 2.46. The molecule has 1 amide bonds. The summed E-state index contributed by atoms with van der Waals surface area (Å²) in [6.45, 7) is 7.93. The second-order valence-electron chi connectivity index (χ2n) is 6.15. The van der Waals surface area contributed by atoms with Gasteiger partial charge in [-0.15, -0.1) is 0 Å². The Bertz CT molecular complexity index is 785. The van der Waals surface area contributed by atoms with Crippen LogP contribution in [0.2, 0.25) is 0 Å². The summed E-state index contributed by atoms with van der Waals surface area (Å²) in [5, 5.41) is 2.74. The van der Waals surface area contributed by atoms with Gasteiger partial charge in [-0.05, 0) is 56.5 Å². The minimum absolute atomic E-state index is 0.133. The van der Waals surface area contributed by atoms with Crippen LogP contribution >= 0.6 is 0 Å². The van der Waals surface area contributed by atoms with Crippen LogP contribution in [-0.4, -0.2) is 24.6 Å². The lowest BCUT2D eigenvalue weighted by Gasteiger charge is -2.16. The van der Waals surface area contributed by atoms with Crippen molar-refractivity contribution in [3.05, 3.63) is 59.2 Å². The number of carbonyl (C=O) groups excluding carboxylic acids is 2. The second kappa shape index (κ2) is 9.04. The summed E-state index contributed by atoms with van der Waals surface area (Å²) >= 11 is 0. The Hall–Kier alpha value is -2.82. The summed E-state index contributed by atoms with van der Waals surface area (Å²) in [4.78, 5) is 24.4. The van der Waals surface area contributed by atoms with E-state index in [1.54, 1.807) is 25.1 Å². The summed E-state index contributed by atoms with van der Waals surface area (Å²) in [6.07, 6.45) is -0.766. The molecule has 1 atom stereocenters. The molecule has 0 bridgehead atoms. The summed E-state index contributed by atoms with van der Waals surface area (Å²) < 4.78 is 10.7. The van der Waals surface area contributed by atoms with Gasteiger partial charge in [0.25, 0.3) is 5.91 Å². The number of carbonyl (C=O) groups is 2. The Balaban J connectivity index is 1.94. The van der Waals surface area contributed by atoms with E-state index < -0.39 is 18.0 Å². The highest BCUT2D eigenvalue weighted by molar-refractivity contribution is 5.96. The molecule has 0 aliphatic heterocycles. The van der Waals surface area contributed by atoms with Crippen LogP contribution in [0.25, 0.3) is 0 Å². The molecule has 0 aromatic heterocycles. The number of aryl methyl sites for hydroxylation is 2. The predicted octanol–water partition coefficient (Wildman–Crippen LogP) is 3.82. The number of rotatable bonds is 7. The lowest BCUT2D eigenvalue weighted by Crippen LogP contribution is -2.30. The molecule has 0 aliphatic carbocycles. The largest absolute Gasteiger partial charge is 0.492 e. The van der Waals surface area contributed by atoms with Crippen LogP contribution in [0.1, 0.15) is 30.5 Å². The molecule has 0 radical (unpaired) electrons. The number of esters is 1. The van der Waals surface area contributed by atoms with Crippen LogP contribution in [-0.2, 0) is 20.7 Å². The molecule has 0 spiro atoms. The highest BCUT2D eigenvalue weighted by Gasteiger charge is 2.19. The molecule has 5 nitrogen and oxygen atoms in total. The Labute approximate surface area is 154 Å². The van der Waals surface area contributed by atoms with Crippen molar-refractivity contribution in [2.75, 3.05) is 11.9 Å². The van der Waals surface area contributed by atoms with Gasteiger partial charge in [-0.3, -0.25) is 9.59 Å². The number of hydrogen-bond donors (Lipinski definition) is 1. The molecule has 5 heteroatoms. The summed E-state index contributed by atoms with van der Waals surface area (Å²) in [6, 6.07) is 13.0. The summed E-state index contributed by atoms with van der Waals surface area (Å²) in [5.41, 5.74) is 3.71. The van der Waals surface area contributed by atoms with Crippen molar-refractivity contribution >= 4 is 17.6 Å². The van der Waals surface area contributed by atoms with E-state index in [4.69, 9.17) is 9.47 Å². The fraction of sp³-hybridized carbons (Fsp3) is 0.333. The molecule has 2 rings (SSSR count). The Morgan fingerprint density at radius 3 is 2.50 bits per heavy atom. The maximum atomic E-state index is 12.3. The third-order valence-electron chi connectivity index (χ3n) is 4.04. The topological polar surface area (TPSA) is 64.6 Å². The van der Waals surface area contributed by atoms with Gasteiger partial charge in [-0.2, -0.15) is 0 Å². The minimum atomic E-state index is -0.899. The minimum Gasteiger partial charge on any atom is -0.492 e. The van der Waals surface area contributed by atoms with Gasteiger partial charge in [0.2, 0.25) is 0 Å². The number of ether oxygens (including phenoxy) is 2. The number of amides is 1. The van der Waals surface area contributed by atoms with Crippen LogP contribution in [0.15, 0.2) is 42.5 Å². The molecule has 2 aromatic rings. The summed E-state index contributed by atoms with van der Waals surface area (Å²) in [5.74, 6) is -0.253. The first-order chi connectivity index (χ1) is 12.4. The van der Waals surface area contributed by atoms with Gasteiger partial charge in [0.15, 0.2) is 6.10 Å². The first kappa shape index (κ1) is 19.5. The van der Waals surface area contributed by atoms with Crippen molar-refractivity contribution < 1.29 is 19.1 Å². The SMILES string of the molecule is CCOc1ccccc1NC(=O)[C@@H](C)OC(=O)Cc1ccc(C)c(C)c1. The molecule has 0 aliphatic rings. The zero-order valence-corrected chi connectivity index (χ0v) is 15.7. The molecule has 0 saturated heterocycles. The van der Waals surface area contributed by atoms with Crippen molar-refractivity contribution in [2.24, 2.45) is 0 Å². The average Bonchev–Trinajstić information content (AvgIpc) is 2.60. The van der Waals surface area contributed by atoms with Crippen LogP contribution < -0.4 is 10.1 Å². The van der Waals surface area contributed by atoms with Crippen molar-refractivity contribution in [3.63, 3.8) is 0 Å². The number of hydrogen-bond acceptors (Lipinski definition) is 4. The molecule has 0 unspecified atom stereocenters. The zero-order valence-electron chi connectivity index (χ0n) is 15.7. The van der Waals surface area contributed by atoms with E-state index in [-0.39, 0.29) is 6.42 Å². The average molecular weight is 355 g/mol. The van der Waals surface area contributed by atoms with Gasteiger partial charge in [-0.1, -0.05) is 30.3 Å². The molecule has 0 fully saturated rings. The number of para-hydroxylation sites is 2. The lowest BCUT2D eigenvalue weighted by molar-refractivity contribution is -0.152. The molecule has 2 aromatic carbocycles. The standard InChI is InChI=1S/C21H25NO4/c1-5-25-19-9-7-6-8-18(19)22-21(24)16(4)26-20(23)13-17-11-10-14(2)15(3)12-17/h6-12,16H,5,13H2,1-4H3,(H,22,24)/t16-/m1/s1. The molecule has 1 N–H and O–H groups in total. The van der Waals surface area contributed by atoms with Crippen LogP contribution in [0.5, 0.6) is 5.75 Å². The van der Waals surface area contributed by atoms with Gasteiger partial charge in [0, 0.05) is 0 Å². The van der Waals surface area contributed by atoms with Crippen LogP contribution in [0.4, 0.5) is 5.69 Å². The third kappa shape index (κ3) is 5.34. The smallest absolute Gasteiger partial charge is 0.311 e. The Morgan fingerprint density at radius 2 is 1.81 bits per heavy atom. The molecule has 0 heterocycles. The maximum Gasteiger partial charge on any atom is 0.311 e. The highest BCUT2D eigenvalue weighted by atomic mass is 16.5. The maximum absolute atomic E-state index is 12.3. The predicted molar refractivity (Wildman–Crippen MR) is 101 cm³/mol. The normalized spacial score (nSPS) is 11.5. The first-order valence-electron chi connectivity index (χ1n) is 8.69. The van der Waals surface area contributed by atoms with Gasteiger partial charge in [-0.25, -0.2) is 0 Å². The quantitative estimate of drug-likeness (QED) is 0.767. The number of nitrogens with one attached hydrogen (secondary N) is 1. The highest BCUT2D eigenvalue weighted by Crippen LogP contribution is 2.24. The first-order valence-corrected chi connectivity index (χ1v) is 8.69. The number of benzene rings is 2. The lowest BCUT2D eigenvalue weighted by atomic mass is 10.0. The van der Waals surface area contributed by atoms with Crippen molar-refractivity contribution in [1.82, 2.24) is 0 Å². The number of anilines is 1. The molecule has 26 heavy (non-hydrogen) atoms. The van der Waals surface area contributed by atoms with E-state index in [9.17, 15) is 9.59 Å². The molecule has 0 saturated carbocycles. The van der Waals surface area contributed by atoms with Gasteiger partial charge in [0.1, 0.15) is 5.75 Å². The van der Waals surface area contributed by atoms with E-state index in [0.717, 1.165) is 11.1 Å². The summed E-state index contributed by atoms with van der Waals surface area (Å²) in [7, 11) is 0. The fourth-order valence-corrected chi connectivity index (χ4v) is 2.46. The van der Waals surface area contributed by atoms with Crippen molar-refractivity contribution in [2.45, 2.75) is 40.2 Å². The van der Waals surface area contributed by atoms with Crippen LogP contribution in [0, 0.1) is 13.8 Å². The van der Waals surface area contributed by atoms with Crippen LogP contribution in [0.3, 0.4) is 0 Å². The Morgan fingerprint density at radius 1 is 1.08 bits per heavy atom. The van der Waals surface area contributed by atoms with E-state index in [2.05, 4.69) is 5.32 Å². The molecular formula is C21H25NO4. The van der Waals surface area contributed by atoms with Gasteiger partial charge in [0.05, 0.1) is 18.7 Å². The van der Waals surface area contributed by atoms with Crippen molar-refractivity contribution in [3.8, 4) is 5.75 Å². The van der Waals surface area contributed by atoms with E-state index in [1.165, 1.54) is 5.56 Å². The third-order valence-corrected chi connectivity index (χ3v) is 4.04. The monoisotopic (exact) mass is 355 g/mol. The molecule has 138 valence electrons. The Kier molecular flexibility index (Phi) is 6.78. The van der Waals surface area contributed by atoms with E-state index >= 15 is 0 Å². The van der Waals surface area contributed by atoms with Crippen molar-refractivity contribution in [1.29, 1.82) is 0 Å².